The van der Waals surface area contributed by atoms with Gasteiger partial charge in [0.1, 0.15) is 11.5 Å². The summed E-state index contributed by atoms with van der Waals surface area (Å²) in [7, 11) is 0. The van der Waals surface area contributed by atoms with Crippen LogP contribution in [0, 0.1) is 0 Å². The highest BCUT2D eigenvalue weighted by Crippen LogP contribution is 2.17. The van der Waals surface area contributed by atoms with Crippen LogP contribution in [0.25, 0.3) is 0 Å². The summed E-state index contributed by atoms with van der Waals surface area (Å²) < 4.78 is 11.3. The molecule has 0 aromatic heterocycles. The molecule has 0 fully saturated rings. The maximum atomic E-state index is 12.5. The fraction of sp³-hybridized carbons (Fsp3) is 0.364. The largest absolute Gasteiger partial charge is 0.494 e. The van der Waals surface area contributed by atoms with Crippen molar-refractivity contribution in [3.05, 3.63) is 95.6 Å². The van der Waals surface area contributed by atoms with Crippen molar-refractivity contribution in [3.63, 3.8) is 0 Å². The molecular weight excluding hydrogens is 488 g/mol. The zero-order valence-corrected chi connectivity index (χ0v) is 22.9. The van der Waals surface area contributed by atoms with Crippen LogP contribution in [-0.2, 0) is 0 Å². The third kappa shape index (κ3) is 11.6. The molecule has 1 amide bonds. The molecule has 0 heterocycles. The third-order valence-electron chi connectivity index (χ3n) is 6.36. The van der Waals surface area contributed by atoms with Gasteiger partial charge in [-0.2, -0.15) is 5.10 Å². The topological polar surface area (TPSA) is 77.0 Å². The first-order chi connectivity index (χ1) is 19.2. The average molecular weight is 529 g/mol. The van der Waals surface area contributed by atoms with Gasteiger partial charge in [-0.1, -0.05) is 82.9 Å². The van der Waals surface area contributed by atoms with Crippen LogP contribution in [0.2, 0.25) is 0 Å². The number of carbonyl (C=O) groups excluding carboxylic acids is 2. The van der Waals surface area contributed by atoms with Crippen LogP contribution >= 0.6 is 0 Å². The van der Waals surface area contributed by atoms with E-state index in [1.54, 1.807) is 72.8 Å². The molecule has 0 radical (unpaired) electrons. The van der Waals surface area contributed by atoms with Gasteiger partial charge in [-0.05, 0) is 72.6 Å². The van der Waals surface area contributed by atoms with Crippen LogP contribution in [0.4, 0.5) is 0 Å². The summed E-state index contributed by atoms with van der Waals surface area (Å²) in [5, 5.41) is 3.97. The minimum absolute atomic E-state index is 0.285. The summed E-state index contributed by atoms with van der Waals surface area (Å²) in [6.07, 6.45) is 14.5. The van der Waals surface area contributed by atoms with Crippen molar-refractivity contribution in [1.29, 1.82) is 0 Å². The number of hydrogen-bond acceptors (Lipinski definition) is 5. The molecule has 1 N–H and O–H groups in total. The van der Waals surface area contributed by atoms with Gasteiger partial charge in [-0.15, -0.1) is 0 Å². The highest BCUT2D eigenvalue weighted by Gasteiger charge is 2.09. The van der Waals surface area contributed by atoms with E-state index in [0.717, 1.165) is 17.7 Å². The summed E-state index contributed by atoms with van der Waals surface area (Å²) in [6, 6.07) is 22.8. The molecule has 6 heteroatoms. The maximum absolute atomic E-state index is 12.5. The summed E-state index contributed by atoms with van der Waals surface area (Å²) >= 11 is 0. The van der Waals surface area contributed by atoms with Crippen LogP contribution < -0.4 is 14.9 Å². The molecule has 0 aliphatic rings. The van der Waals surface area contributed by atoms with Crippen molar-refractivity contribution in [2.75, 3.05) is 6.61 Å². The smallest absolute Gasteiger partial charge is 0.343 e. The first kappa shape index (κ1) is 29.6. The van der Waals surface area contributed by atoms with Crippen LogP contribution in [0.3, 0.4) is 0 Å². The molecule has 0 aliphatic carbocycles. The lowest BCUT2D eigenvalue weighted by molar-refractivity contribution is 0.0734. The SMILES string of the molecule is CCCCCCCCCCCCOc1ccc(C(=O)Oc2ccc(/C=N/NC(=O)c3ccccc3)cc2)cc1. The van der Waals surface area contributed by atoms with Crippen LogP contribution in [-0.4, -0.2) is 24.7 Å². The number of benzene rings is 3. The minimum Gasteiger partial charge on any atom is -0.494 e. The number of rotatable bonds is 17. The number of unbranched alkanes of at least 4 members (excludes halogenated alkanes) is 9. The van der Waals surface area contributed by atoms with Gasteiger partial charge >= 0.3 is 5.97 Å². The van der Waals surface area contributed by atoms with Gasteiger partial charge in [0.15, 0.2) is 0 Å². The van der Waals surface area contributed by atoms with Crippen molar-refractivity contribution in [1.82, 2.24) is 5.43 Å². The number of carbonyl (C=O) groups is 2. The molecule has 0 bridgehead atoms. The predicted octanol–water partition coefficient (Wildman–Crippen LogP) is 7.97. The number of nitrogens with one attached hydrogen (secondary N) is 1. The highest BCUT2D eigenvalue weighted by molar-refractivity contribution is 5.95. The Hall–Kier alpha value is -3.93. The lowest BCUT2D eigenvalue weighted by Crippen LogP contribution is -2.17. The first-order valence-electron chi connectivity index (χ1n) is 14.1. The number of ether oxygens (including phenoxy) is 2. The maximum Gasteiger partial charge on any atom is 0.343 e. The normalized spacial score (nSPS) is 10.9. The molecule has 39 heavy (non-hydrogen) atoms. The van der Waals surface area contributed by atoms with E-state index in [1.165, 1.54) is 64.0 Å². The highest BCUT2D eigenvalue weighted by atomic mass is 16.5. The molecule has 0 aliphatic heterocycles. The van der Waals surface area contributed by atoms with Crippen molar-refractivity contribution >= 4 is 18.1 Å². The monoisotopic (exact) mass is 528 g/mol. The average Bonchev–Trinajstić information content (AvgIpc) is 2.97. The second kappa shape index (κ2) is 17.6. The molecule has 0 saturated heterocycles. The molecule has 6 nitrogen and oxygen atoms in total. The van der Waals surface area contributed by atoms with Gasteiger partial charge in [0, 0.05) is 5.56 Å². The number of esters is 1. The Labute approximate surface area is 232 Å². The second-order valence-electron chi connectivity index (χ2n) is 9.58. The zero-order valence-electron chi connectivity index (χ0n) is 22.9. The van der Waals surface area contributed by atoms with E-state index in [0.29, 0.717) is 23.5 Å². The summed E-state index contributed by atoms with van der Waals surface area (Å²) in [4.78, 5) is 24.5. The molecule has 0 unspecified atom stereocenters. The number of hydrazone groups is 1. The fourth-order valence-electron chi connectivity index (χ4n) is 4.07. The molecular formula is C33H40N2O4. The second-order valence-corrected chi connectivity index (χ2v) is 9.58. The van der Waals surface area contributed by atoms with Crippen molar-refractivity contribution in [2.24, 2.45) is 5.10 Å². The number of amides is 1. The Kier molecular flexibility index (Phi) is 13.3. The molecule has 3 aromatic rings. The van der Waals surface area contributed by atoms with E-state index in [9.17, 15) is 9.59 Å². The van der Waals surface area contributed by atoms with Gasteiger partial charge < -0.3 is 9.47 Å². The molecule has 0 atom stereocenters. The zero-order chi connectivity index (χ0) is 27.5. The van der Waals surface area contributed by atoms with E-state index in [4.69, 9.17) is 9.47 Å². The predicted molar refractivity (Wildman–Crippen MR) is 157 cm³/mol. The van der Waals surface area contributed by atoms with E-state index >= 15 is 0 Å². The van der Waals surface area contributed by atoms with E-state index < -0.39 is 5.97 Å². The number of hydrogen-bond donors (Lipinski definition) is 1. The van der Waals surface area contributed by atoms with Crippen molar-refractivity contribution in [3.8, 4) is 11.5 Å². The van der Waals surface area contributed by atoms with E-state index in [1.807, 2.05) is 6.07 Å². The Morgan fingerprint density at radius 3 is 1.92 bits per heavy atom. The Balaban J connectivity index is 1.32. The first-order valence-corrected chi connectivity index (χ1v) is 14.1. The Morgan fingerprint density at radius 1 is 0.692 bits per heavy atom. The van der Waals surface area contributed by atoms with E-state index in [2.05, 4.69) is 17.5 Å². The quantitative estimate of drug-likeness (QED) is 0.0634. The van der Waals surface area contributed by atoms with Gasteiger partial charge in [0.2, 0.25) is 0 Å². The van der Waals surface area contributed by atoms with Gasteiger partial charge in [0.25, 0.3) is 5.91 Å². The molecule has 206 valence electrons. The van der Waals surface area contributed by atoms with Crippen LogP contribution in [0.15, 0.2) is 84.0 Å². The third-order valence-corrected chi connectivity index (χ3v) is 6.36. The Morgan fingerprint density at radius 2 is 1.28 bits per heavy atom. The molecule has 0 spiro atoms. The van der Waals surface area contributed by atoms with Crippen molar-refractivity contribution in [2.45, 2.75) is 71.1 Å². The van der Waals surface area contributed by atoms with Crippen LogP contribution in [0.5, 0.6) is 11.5 Å². The van der Waals surface area contributed by atoms with Gasteiger partial charge in [-0.25, -0.2) is 10.2 Å². The molecule has 3 aromatic carbocycles. The molecule has 3 rings (SSSR count). The van der Waals surface area contributed by atoms with Crippen molar-refractivity contribution < 1.29 is 19.1 Å². The minimum atomic E-state index is -0.437. The standard InChI is InChI=1S/C33H40N2O4/c1-2-3-4-5-6-7-8-9-10-14-25-38-30-23-19-29(20-24-30)33(37)39-31-21-17-27(18-22-31)26-34-35-32(36)28-15-12-11-13-16-28/h11-13,15-24,26H,2-10,14,25H2,1H3,(H,35,36)/b34-26+. The lowest BCUT2D eigenvalue weighted by Gasteiger charge is -2.08. The lowest BCUT2D eigenvalue weighted by atomic mass is 10.1. The number of nitrogens with zero attached hydrogens (tertiary/aromatic N) is 1. The summed E-state index contributed by atoms with van der Waals surface area (Å²) in [6.45, 7) is 2.94. The fourth-order valence-corrected chi connectivity index (χ4v) is 4.07. The van der Waals surface area contributed by atoms with E-state index in [-0.39, 0.29) is 5.91 Å². The van der Waals surface area contributed by atoms with Crippen LogP contribution in [0.1, 0.15) is 97.4 Å². The molecule has 0 saturated carbocycles. The van der Waals surface area contributed by atoms with Gasteiger partial charge in [-0.3, -0.25) is 4.79 Å². The Bertz CT molecular complexity index is 1140. The summed E-state index contributed by atoms with van der Waals surface area (Å²) in [5.41, 5.74) is 4.23. The summed E-state index contributed by atoms with van der Waals surface area (Å²) in [5.74, 6) is 0.456. The van der Waals surface area contributed by atoms with Gasteiger partial charge in [0.05, 0.1) is 18.4 Å².